The van der Waals surface area contributed by atoms with Gasteiger partial charge in [-0.05, 0) is 24.6 Å². The van der Waals surface area contributed by atoms with Crippen molar-refractivity contribution < 1.29 is 22.3 Å². The maximum Gasteiger partial charge on any atom is 0.339 e. The lowest BCUT2D eigenvalue weighted by atomic mass is 10.2. The van der Waals surface area contributed by atoms with Gasteiger partial charge in [0.15, 0.2) is 0 Å². The van der Waals surface area contributed by atoms with Crippen molar-refractivity contribution in [2.75, 3.05) is 20.2 Å². The number of nitrogens with zero attached hydrogens (tertiary/aromatic N) is 1. The van der Waals surface area contributed by atoms with Crippen LogP contribution in [0.5, 0.6) is 0 Å². The molecule has 0 aromatic heterocycles. The predicted octanol–water partition coefficient (Wildman–Crippen LogP) is 0.334. The average Bonchev–Trinajstić information content (AvgIpc) is 2.85. The van der Waals surface area contributed by atoms with Gasteiger partial charge in [-0.15, -0.1) is 0 Å². The third kappa shape index (κ3) is 2.67. The predicted molar refractivity (Wildman–Crippen MR) is 69.1 cm³/mol. The van der Waals surface area contributed by atoms with Crippen LogP contribution in [0.2, 0.25) is 0 Å². The van der Waals surface area contributed by atoms with Crippen molar-refractivity contribution in [1.29, 1.82) is 0 Å². The lowest BCUT2D eigenvalue weighted by molar-refractivity contribution is 0.0596. The Morgan fingerprint density at radius 1 is 1.50 bits per heavy atom. The molecule has 0 aliphatic carbocycles. The first-order chi connectivity index (χ1) is 9.36. The van der Waals surface area contributed by atoms with Crippen molar-refractivity contribution in [2.45, 2.75) is 17.4 Å². The Balaban J connectivity index is 2.50. The van der Waals surface area contributed by atoms with E-state index in [0.717, 1.165) is 29.6 Å². The quantitative estimate of drug-likeness (QED) is 0.813. The number of ether oxygens (including phenoxy) is 1. The molecule has 0 radical (unpaired) electrons. The van der Waals surface area contributed by atoms with Crippen LogP contribution in [-0.2, 0) is 14.8 Å². The monoisotopic (exact) mass is 302 g/mol. The fraction of sp³-hybridized carbons (Fsp3) is 0.417. The van der Waals surface area contributed by atoms with E-state index in [0.29, 0.717) is 6.42 Å². The molecule has 1 aliphatic rings. The van der Waals surface area contributed by atoms with E-state index in [9.17, 15) is 17.6 Å². The number of methoxy groups -OCH3 is 1. The van der Waals surface area contributed by atoms with Gasteiger partial charge in [-0.1, -0.05) is 0 Å². The minimum atomic E-state index is -3.97. The third-order valence-electron chi connectivity index (χ3n) is 3.15. The number of hydrogen-bond acceptors (Lipinski definition) is 5. The number of nitrogens with two attached hydrogens (primary N) is 1. The fourth-order valence-electron chi connectivity index (χ4n) is 2.10. The van der Waals surface area contributed by atoms with Crippen LogP contribution in [0.1, 0.15) is 16.8 Å². The summed E-state index contributed by atoms with van der Waals surface area (Å²) in [6.45, 7) is 0.403. The van der Waals surface area contributed by atoms with Crippen molar-refractivity contribution >= 4 is 16.0 Å². The molecule has 0 saturated carbocycles. The summed E-state index contributed by atoms with van der Waals surface area (Å²) in [4.78, 5) is 11.2. The number of hydrogen-bond donors (Lipinski definition) is 1. The van der Waals surface area contributed by atoms with Crippen LogP contribution >= 0.6 is 0 Å². The highest BCUT2D eigenvalue weighted by Crippen LogP contribution is 2.25. The summed E-state index contributed by atoms with van der Waals surface area (Å²) < 4.78 is 44.0. The van der Waals surface area contributed by atoms with Crippen LogP contribution in [0, 0.1) is 5.82 Å². The molecule has 2 rings (SSSR count). The maximum atomic E-state index is 13.3. The Morgan fingerprint density at radius 3 is 2.75 bits per heavy atom. The summed E-state index contributed by atoms with van der Waals surface area (Å²) in [5, 5.41) is 0. The zero-order chi connectivity index (χ0) is 14.9. The first-order valence-corrected chi connectivity index (χ1v) is 7.44. The summed E-state index contributed by atoms with van der Waals surface area (Å²) >= 11 is 0. The van der Waals surface area contributed by atoms with Crippen LogP contribution in [0.4, 0.5) is 4.39 Å². The molecule has 20 heavy (non-hydrogen) atoms. The van der Waals surface area contributed by atoms with Crippen LogP contribution in [-0.4, -0.2) is 44.9 Å². The van der Waals surface area contributed by atoms with E-state index in [1.54, 1.807) is 0 Å². The van der Waals surface area contributed by atoms with Gasteiger partial charge in [0.1, 0.15) is 5.82 Å². The molecule has 0 spiro atoms. The molecule has 1 saturated heterocycles. The van der Waals surface area contributed by atoms with Gasteiger partial charge in [-0.25, -0.2) is 17.6 Å². The highest BCUT2D eigenvalue weighted by atomic mass is 32.2. The molecule has 1 aliphatic heterocycles. The third-order valence-corrected chi connectivity index (χ3v) is 5.06. The Labute approximate surface area is 116 Å². The van der Waals surface area contributed by atoms with Gasteiger partial charge < -0.3 is 10.5 Å². The zero-order valence-electron chi connectivity index (χ0n) is 10.9. The van der Waals surface area contributed by atoms with Crippen LogP contribution in [0.3, 0.4) is 0 Å². The molecule has 2 N–H and O–H groups in total. The highest BCUT2D eigenvalue weighted by Gasteiger charge is 2.34. The molecule has 6 nitrogen and oxygen atoms in total. The summed E-state index contributed by atoms with van der Waals surface area (Å²) in [5.41, 5.74) is 5.50. The maximum absolute atomic E-state index is 13.3. The summed E-state index contributed by atoms with van der Waals surface area (Å²) in [6.07, 6.45) is 0.530. The lowest BCUT2D eigenvalue weighted by Crippen LogP contribution is -2.33. The number of esters is 1. The average molecular weight is 302 g/mol. The number of carbonyl (C=O) groups excluding carboxylic acids is 1. The van der Waals surface area contributed by atoms with E-state index >= 15 is 0 Å². The number of carbonyl (C=O) groups is 1. The minimum absolute atomic E-state index is 0.152. The smallest absolute Gasteiger partial charge is 0.339 e. The molecule has 1 heterocycles. The van der Waals surface area contributed by atoms with Crippen LogP contribution < -0.4 is 5.73 Å². The van der Waals surface area contributed by atoms with Gasteiger partial charge in [0.25, 0.3) is 0 Å². The van der Waals surface area contributed by atoms with E-state index in [1.165, 1.54) is 0 Å². The summed E-state index contributed by atoms with van der Waals surface area (Å²) in [5.74, 6) is -1.56. The Bertz CT molecular complexity index is 632. The molecule has 1 unspecified atom stereocenters. The van der Waals surface area contributed by atoms with E-state index in [2.05, 4.69) is 4.74 Å². The van der Waals surface area contributed by atoms with Crippen molar-refractivity contribution in [2.24, 2.45) is 5.73 Å². The molecule has 1 aromatic rings. The number of sulfonamides is 1. The fourth-order valence-corrected chi connectivity index (χ4v) is 3.80. The van der Waals surface area contributed by atoms with Gasteiger partial charge in [0.2, 0.25) is 10.0 Å². The first-order valence-electron chi connectivity index (χ1n) is 6.00. The van der Waals surface area contributed by atoms with E-state index in [1.807, 2.05) is 0 Å². The normalized spacial score (nSPS) is 20.1. The molecular formula is C12H15FN2O4S. The van der Waals surface area contributed by atoms with Crippen molar-refractivity contribution in [3.63, 3.8) is 0 Å². The minimum Gasteiger partial charge on any atom is -0.465 e. The lowest BCUT2D eigenvalue weighted by Gasteiger charge is -2.17. The number of rotatable bonds is 3. The van der Waals surface area contributed by atoms with Gasteiger partial charge in [-0.3, -0.25) is 0 Å². The second-order valence-electron chi connectivity index (χ2n) is 4.54. The molecular weight excluding hydrogens is 287 g/mol. The largest absolute Gasteiger partial charge is 0.465 e. The second kappa shape index (κ2) is 5.47. The van der Waals surface area contributed by atoms with E-state index in [-0.39, 0.29) is 24.7 Å². The van der Waals surface area contributed by atoms with E-state index in [4.69, 9.17) is 5.73 Å². The van der Waals surface area contributed by atoms with Gasteiger partial charge in [0, 0.05) is 19.1 Å². The van der Waals surface area contributed by atoms with Crippen molar-refractivity contribution in [3.8, 4) is 0 Å². The summed E-state index contributed by atoms with van der Waals surface area (Å²) in [7, 11) is -2.83. The molecule has 1 fully saturated rings. The number of benzene rings is 1. The van der Waals surface area contributed by atoms with Crippen LogP contribution in [0.15, 0.2) is 23.1 Å². The van der Waals surface area contributed by atoms with Gasteiger partial charge in [-0.2, -0.15) is 4.31 Å². The Hall–Kier alpha value is -1.51. The first kappa shape index (κ1) is 14.9. The molecule has 0 amide bonds. The van der Waals surface area contributed by atoms with Crippen molar-refractivity contribution in [3.05, 3.63) is 29.6 Å². The Kier molecular flexibility index (Phi) is 4.07. The molecule has 8 heteroatoms. The Morgan fingerprint density at radius 2 is 2.20 bits per heavy atom. The van der Waals surface area contributed by atoms with Gasteiger partial charge >= 0.3 is 5.97 Å². The molecule has 110 valence electrons. The zero-order valence-corrected chi connectivity index (χ0v) is 11.7. The molecule has 0 bridgehead atoms. The van der Waals surface area contributed by atoms with E-state index < -0.39 is 26.7 Å². The standard InChI is InChI=1S/C12H15FN2O4S/c1-19-12(16)10-3-2-8(13)6-11(10)20(17,18)15-5-4-9(14)7-15/h2-3,6,9H,4-5,7,14H2,1H3. The molecule has 1 aromatic carbocycles. The topological polar surface area (TPSA) is 89.7 Å². The highest BCUT2D eigenvalue weighted by molar-refractivity contribution is 7.89. The van der Waals surface area contributed by atoms with Crippen LogP contribution in [0.25, 0.3) is 0 Å². The molecule has 1 atom stereocenters. The second-order valence-corrected chi connectivity index (χ2v) is 6.45. The van der Waals surface area contributed by atoms with Gasteiger partial charge in [0.05, 0.1) is 17.6 Å². The SMILES string of the molecule is COC(=O)c1ccc(F)cc1S(=O)(=O)N1CCC(N)C1. The van der Waals surface area contributed by atoms with Crippen molar-refractivity contribution in [1.82, 2.24) is 4.31 Å². The number of halogens is 1. The summed E-state index contributed by atoms with van der Waals surface area (Å²) in [6, 6.07) is 2.69.